The highest BCUT2D eigenvalue weighted by Crippen LogP contribution is 2.33. The third-order valence-corrected chi connectivity index (χ3v) is 2.91. The van der Waals surface area contributed by atoms with Gasteiger partial charge in [0.25, 0.3) is 0 Å². The molecular weight excluding hydrogens is 291 g/mol. The maximum absolute atomic E-state index is 13.2. The lowest BCUT2D eigenvalue weighted by atomic mass is 10.1. The third kappa shape index (κ3) is 4.10. The van der Waals surface area contributed by atoms with E-state index in [1.165, 1.54) is 13.8 Å². The van der Waals surface area contributed by atoms with Crippen LogP contribution in [0, 0.1) is 0 Å². The third-order valence-electron chi connectivity index (χ3n) is 2.91. The first-order valence-electron chi connectivity index (χ1n) is 6.42. The van der Waals surface area contributed by atoms with Crippen molar-refractivity contribution in [2.24, 2.45) is 0 Å². The van der Waals surface area contributed by atoms with Crippen LogP contribution in [0.1, 0.15) is 34.6 Å². The normalized spacial score (nSPS) is 22.9. The van der Waals surface area contributed by atoms with Crippen molar-refractivity contribution >= 4 is 6.09 Å². The largest absolute Gasteiger partial charge is 0.444 e. The standard InChI is InChI=1S/C13H20F3NO4/c1-12(2,3)21-11(19)17-7(6-20-13(17,4)5)9(18)8(14)10(15)16/h7,9,18H,6H2,1-5H3/t7-,9-/m0/s1. The van der Waals surface area contributed by atoms with Crippen molar-refractivity contribution in [1.29, 1.82) is 0 Å². The van der Waals surface area contributed by atoms with Crippen LogP contribution in [-0.2, 0) is 9.47 Å². The molecule has 0 aromatic heterocycles. The van der Waals surface area contributed by atoms with Gasteiger partial charge in [0.15, 0.2) is 5.83 Å². The van der Waals surface area contributed by atoms with E-state index in [9.17, 15) is 23.1 Å². The fraction of sp³-hybridized carbons (Fsp3) is 0.769. The number of ether oxygens (including phenoxy) is 2. The van der Waals surface area contributed by atoms with Gasteiger partial charge in [0.2, 0.25) is 0 Å². The molecule has 0 aromatic carbocycles. The van der Waals surface area contributed by atoms with Crippen LogP contribution in [-0.4, -0.2) is 46.2 Å². The van der Waals surface area contributed by atoms with E-state index in [0.717, 1.165) is 4.90 Å². The van der Waals surface area contributed by atoms with Gasteiger partial charge in [0.1, 0.15) is 17.4 Å². The molecule has 1 rings (SSSR count). The van der Waals surface area contributed by atoms with Gasteiger partial charge < -0.3 is 14.6 Å². The van der Waals surface area contributed by atoms with E-state index in [1.54, 1.807) is 20.8 Å². The highest BCUT2D eigenvalue weighted by molar-refractivity contribution is 5.70. The quantitative estimate of drug-likeness (QED) is 0.852. The molecule has 21 heavy (non-hydrogen) atoms. The molecule has 1 saturated heterocycles. The van der Waals surface area contributed by atoms with Gasteiger partial charge >= 0.3 is 12.2 Å². The van der Waals surface area contributed by atoms with E-state index in [4.69, 9.17) is 9.47 Å². The average Bonchev–Trinajstić information content (AvgIpc) is 2.60. The molecule has 1 aliphatic rings. The van der Waals surface area contributed by atoms with E-state index in [-0.39, 0.29) is 6.61 Å². The number of rotatable bonds is 2. The summed E-state index contributed by atoms with van der Waals surface area (Å²) in [7, 11) is 0. The van der Waals surface area contributed by atoms with E-state index in [2.05, 4.69) is 0 Å². The predicted molar refractivity (Wildman–Crippen MR) is 68.2 cm³/mol. The molecule has 1 aliphatic heterocycles. The summed E-state index contributed by atoms with van der Waals surface area (Å²) in [6.07, 6.45) is -5.68. The number of aliphatic hydroxyl groups excluding tert-OH is 1. The molecule has 8 heteroatoms. The number of amides is 1. The maximum Gasteiger partial charge on any atom is 0.413 e. The van der Waals surface area contributed by atoms with Crippen LogP contribution in [0.3, 0.4) is 0 Å². The number of hydrogen-bond acceptors (Lipinski definition) is 4. The molecule has 0 saturated carbocycles. The van der Waals surface area contributed by atoms with Gasteiger partial charge in [-0.2, -0.15) is 8.78 Å². The number of carbonyl (C=O) groups excluding carboxylic acids is 1. The minimum atomic E-state index is -2.63. The van der Waals surface area contributed by atoms with E-state index in [1.807, 2.05) is 0 Å². The fourth-order valence-electron chi connectivity index (χ4n) is 2.01. The molecule has 1 amide bonds. The number of halogens is 3. The molecule has 0 aromatic rings. The Kier molecular flexibility index (Phi) is 4.94. The van der Waals surface area contributed by atoms with Crippen LogP contribution in [0.5, 0.6) is 0 Å². The van der Waals surface area contributed by atoms with Gasteiger partial charge in [-0.05, 0) is 34.6 Å². The van der Waals surface area contributed by atoms with E-state index < -0.39 is 41.5 Å². The zero-order valence-corrected chi connectivity index (χ0v) is 12.6. The van der Waals surface area contributed by atoms with Crippen molar-refractivity contribution in [2.75, 3.05) is 6.61 Å². The van der Waals surface area contributed by atoms with E-state index in [0.29, 0.717) is 0 Å². The molecular formula is C13H20F3NO4. The van der Waals surface area contributed by atoms with Gasteiger partial charge in [-0.15, -0.1) is 0 Å². The Hall–Kier alpha value is -1.28. The summed E-state index contributed by atoms with van der Waals surface area (Å²) in [5.74, 6) is -1.98. The first kappa shape index (κ1) is 17.8. The SMILES string of the molecule is CC(C)(C)OC(=O)N1[C@H]([C@H](O)C(F)=C(F)F)COC1(C)C. The van der Waals surface area contributed by atoms with Crippen molar-refractivity contribution in [3.63, 3.8) is 0 Å². The van der Waals surface area contributed by atoms with Gasteiger partial charge in [-0.1, -0.05) is 0 Å². The van der Waals surface area contributed by atoms with E-state index >= 15 is 0 Å². The van der Waals surface area contributed by atoms with Gasteiger partial charge in [-0.25, -0.2) is 9.18 Å². The van der Waals surface area contributed by atoms with Crippen molar-refractivity contribution in [3.8, 4) is 0 Å². The van der Waals surface area contributed by atoms with Crippen LogP contribution in [0.25, 0.3) is 0 Å². The number of aliphatic hydroxyl groups is 1. The summed E-state index contributed by atoms with van der Waals surface area (Å²) < 4.78 is 48.3. The van der Waals surface area contributed by atoms with Gasteiger partial charge in [0, 0.05) is 0 Å². The molecule has 0 bridgehead atoms. The summed E-state index contributed by atoms with van der Waals surface area (Å²) in [4.78, 5) is 13.1. The predicted octanol–water partition coefficient (Wildman–Crippen LogP) is 2.80. The van der Waals surface area contributed by atoms with Crippen LogP contribution in [0.15, 0.2) is 11.9 Å². The van der Waals surface area contributed by atoms with Crippen LogP contribution in [0.4, 0.5) is 18.0 Å². The second kappa shape index (κ2) is 5.84. The lowest BCUT2D eigenvalue weighted by molar-refractivity contribution is -0.0672. The molecule has 0 radical (unpaired) electrons. The lowest BCUT2D eigenvalue weighted by Gasteiger charge is -2.36. The van der Waals surface area contributed by atoms with Crippen LogP contribution < -0.4 is 0 Å². The second-order valence-electron chi connectivity index (χ2n) is 6.23. The molecule has 1 heterocycles. The fourth-order valence-corrected chi connectivity index (χ4v) is 2.01. The Balaban J connectivity index is 3.05. The summed E-state index contributed by atoms with van der Waals surface area (Å²) >= 11 is 0. The molecule has 122 valence electrons. The van der Waals surface area contributed by atoms with Crippen molar-refractivity contribution in [3.05, 3.63) is 11.9 Å². The summed E-state index contributed by atoms with van der Waals surface area (Å²) in [6.45, 7) is 7.59. The van der Waals surface area contributed by atoms with Crippen LogP contribution >= 0.6 is 0 Å². The summed E-state index contributed by atoms with van der Waals surface area (Å²) in [5, 5.41) is 9.70. The number of carbonyl (C=O) groups is 1. The minimum absolute atomic E-state index is 0.284. The lowest BCUT2D eigenvalue weighted by Crippen LogP contribution is -2.53. The Bertz CT molecular complexity index is 441. The smallest absolute Gasteiger partial charge is 0.413 e. The van der Waals surface area contributed by atoms with Crippen molar-refractivity contribution in [2.45, 2.75) is 58.1 Å². The Morgan fingerprint density at radius 3 is 2.33 bits per heavy atom. The summed E-state index contributed by atoms with van der Waals surface area (Å²) in [5.41, 5.74) is -2.04. The molecule has 5 nitrogen and oxygen atoms in total. The zero-order valence-electron chi connectivity index (χ0n) is 12.6. The summed E-state index contributed by atoms with van der Waals surface area (Å²) in [6, 6.07) is -1.30. The molecule has 1 fully saturated rings. The second-order valence-corrected chi connectivity index (χ2v) is 6.23. The molecule has 2 atom stereocenters. The highest BCUT2D eigenvalue weighted by Gasteiger charge is 2.49. The topological polar surface area (TPSA) is 59.0 Å². The zero-order chi connectivity index (χ0) is 16.6. The number of hydrogen-bond donors (Lipinski definition) is 1. The maximum atomic E-state index is 13.2. The van der Waals surface area contributed by atoms with Gasteiger partial charge in [0.05, 0.1) is 12.6 Å². The highest BCUT2D eigenvalue weighted by atomic mass is 19.3. The van der Waals surface area contributed by atoms with Crippen molar-refractivity contribution < 1.29 is 32.5 Å². The monoisotopic (exact) mass is 311 g/mol. The Morgan fingerprint density at radius 1 is 1.38 bits per heavy atom. The van der Waals surface area contributed by atoms with Gasteiger partial charge in [-0.3, -0.25) is 4.90 Å². The van der Waals surface area contributed by atoms with Crippen molar-refractivity contribution in [1.82, 2.24) is 4.90 Å². The minimum Gasteiger partial charge on any atom is -0.444 e. The Morgan fingerprint density at radius 2 is 1.90 bits per heavy atom. The molecule has 1 N–H and O–H groups in total. The number of nitrogens with zero attached hydrogens (tertiary/aromatic N) is 1. The Labute approximate surface area is 121 Å². The first-order valence-corrected chi connectivity index (χ1v) is 6.42. The molecule has 0 spiro atoms. The average molecular weight is 311 g/mol. The molecule has 0 unspecified atom stereocenters. The molecule has 0 aliphatic carbocycles. The first-order chi connectivity index (χ1) is 9.37. The van der Waals surface area contributed by atoms with Crippen LogP contribution in [0.2, 0.25) is 0 Å².